The maximum Gasteiger partial charge on any atom is 0.303 e. The Morgan fingerprint density at radius 2 is 1.85 bits per heavy atom. The summed E-state index contributed by atoms with van der Waals surface area (Å²) in [4.78, 5) is 10.7. The topological polar surface area (TPSA) is 104 Å². The molecule has 3 rings (SSSR count). The molecular formula is C20H27NO5S. The Hall–Kier alpha value is -1.86. The Morgan fingerprint density at radius 3 is 2.56 bits per heavy atom. The summed E-state index contributed by atoms with van der Waals surface area (Å²) < 4.78 is 28.4. The van der Waals surface area contributed by atoms with Gasteiger partial charge in [0, 0.05) is 12.5 Å². The van der Waals surface area contributed by atoms with Crippen LogP contribution in [0.2, 0.25) is 0 Å². The van der Waals surface area contributed by atoms with E-state index in [-0.39, 0.29) is 29.0 Å². The average Bonchev–Trinajstić information content (AvgIpc) is 3.20. The van der Waals surface area contributed by atoms with Gasteiger partial charge in [-0.25, -0.2) is 13.1 Å². The van der Waals surface area contributed by atoms with E-state index < -0.39 is 16.0 Å². The zero-order valence-electron chi connectivity index (χ0n) is 15.3. The summed E-state index contributed by atoms with van der Waals surface area (Å²) in [7, 11) is -3.62. The van der Waals surface area contributed by atoms with Gasteiger partial charge in [-0.2, -0.15) is 0 Å². The van der Waals surface area contributed by atoms with E-state index in [1.54, 1.807) is 0 Å². The summed E-state index contributed by atoms with van der Waals surface area (Å²) in [5.41, 5.74) is 0. The van der Waals surface area contributed by atoms with E-state index in [0.29, 0.717) is 18.3 Å². The fourth-order valence-electron chi connectivity index (χ4n) is 4.55. The second-order valence-corrected chi connectivity index (χ2v) is 9.35. The third-order valence-electron chi connectivity index (χ3n) is 5.86. The van der Waals surface area contributed by atoms with Gasteiger partial charge in [0.1, 0.15) is 5.75 Å². The summed E-state index contributed by atoms with van der Waals surface area (Å²) in [6.45, 7) is 0. The summed E-state index contributed by atoms with van der Waals surface area (Å²) in [5, 5.41) is 18.0. The highest BCUT2D eigenvalue weighted by Crippen LogP contribution is 2.50. The quantitative estimate of drug-likeness (QED) is 0.441. The molecule has 0 spiro atoms. The van der Waals surface area contributed by atoms with Crippen LogP contribution in [0.5, 0.6) is 5.75 Å². The van der Waals surface area contributed by atoms with Gasteiger partial charge in [-0.1, -0.05) is 12.2 Å². The number of unbranched alkanes of at least 4 members (excludes halogenated alkanes) is 1. The molecule has 2 fully saturated rings. The molecule has 0 unspecified atom stereocenters. The molecule has 3 N–H and O–H groups in total. The van der Waals surface area contributed by atoms with Crippen molar-refractivity contribution in [2.24, 2.45) is 17.8 Å². The van der Waals surface area contributed by atoms with E-state index in [9.17, 15) is 18.3 Å². The summed E-state index contributed by atoms with van der Waals surface area (Å²) in [6.07, 6.45) is 9.72. The van der Waals surface area contributed by atoms with Crippen LogP contribution in [-0.4, -0.2) is 30.6 Å². The maximum atomic E-state index is 12.7. The molecule has 1 aromatic rings. The molecule has 7 heteroatoms. The molecule has 0 aromatic heterocycles. The Kier molecular flexibility index (Phi) is 6.22. The first kappa shape index (κ1) is 19.9. The first-order valence-electron chi connectivity index (χ1n) is 9.55. The van der Waals surface area contributed by atoms with Crippen molar-refractivity contribution >= 4 is 16.0 Å². The van der Waals surface area contributed by atoms with Crippen LogP contribution in [0.4, 0.5) is 0 Å². The standard InChI is InChI=1S/C20H27NO5S/c22-16-9-11-17(12-10-16)27(25,26)21-20-15-8-7-14(13-15)18(20)5-3-1-2-4-6-19(23)24/h1,3,9-12,14-15,18,20-22H,2,4-8,13H2,(H,23,24)/b3-1-/t14-,15+,18+,20+/m1/s1. The highest BCUT2D eigenvalue weighted by molar-refractivity contribution is 7.89. The molecular weight excluding hydrogens is 366 g/mol. The number of allylic oxidation sites excluding steroid dienone is 2. The first-order chi connectivity index (χ1) is 12.9. The number of fused-ring (bicyclic) bond motifs is 2. The number of phenolic OH excluding ortho intramolecular Hbond substituents is 1. The molecule has 1 aromatic carbocycles. The molecule has 4 atom stereocenters. The number of carboxylic acids is 1. The third kappa shape index (κ3) is 4.90. The third-order valence-corrected chi connectivity index (χ3v) is 7.34. The normalized spacial score (nSPS) is 27.4. The lowest BCUT2D eigenvalue weighted by Gasteiger charge is -2.31. The Bertz CT molecular complexity index is 787. The van der Waals surface area contributed by atoms with Crippen molar-refractivity contribution < 1.29 is 23.4 Å². The van der Waals surface area contributed by atoms with Crippen LogP contribution in [0.15, 0.2) is 41.3 Å². The predicted octanol–water partition coefficient (Wildman–Crippen LogP) is 3.29. The number of hydrogen-bond donors (Lipinski definition) is 3. The highest BCUT2D eigenvalue weighted by atomic mass is 32.2. The van der Waals surface area contributed by atoms with Crippen LogP contribution >= 0.6 is 0 Å². The van der Waals surface area contributed by atoms with Crippen LogP contribution in [0.3, 0.4) is 0 Å². The van der Waals surface area contributed by atoms with Crippen LogP contribution in [-0.2, 0) is 14.8 Å². The molecule has 0 saturated heterocycles. The van der Waals surface area contributed by atoms with E-state index in [4.69, 9.17) is 5.11 Å². The molecule has 2 bridgehead atoms. The van der Waals surface area contributed by atoms with Crippen molar-refractivity contribution in [3.8, 4) is 5.75 Å². The molecule has 148 valence electrons. The highest BCUT2D eigenvalue weighted by Gasteiger charge is 2.48. The molecule has 2 saturated carbocycles. The fraction of sp³-hybridized carbons (Fsp3) is 0.550. The van der Waals surface area contributed by atoms with Gasteiger partial charge in [0.05, 0.1) is 4.90 Å². The van der Waals surface area contributed by atoms with E-state index in [1.165, 1.54) is 24.3 Å². The maximum absolute atomic E-state index is 12.7. The monoisotopic (exact) mass is 393 g/mol. The van der Waals surface area contributed by atoms with E-state index in [1.807, 2.05) is 6.08 Å². The number of carboxylic acid groups (broad SMARTS) is 1. The van der Waals surface area contributed by atoms with Crippen LogP contribution < -0.4 is 4.72 Å². The van der Waals surface area contributed by atoms with Crippen molar-refractivity contribution in [2.75, 3.05) is 0 Å². The number of phenols is 1. The van der Waals surface area contributed by atoms with Crippen molar-refractivity contribution in [3.05, 3.63) is 36.4 Å². The van der Waals surface area contributed by atoms with E-state index in [0.717, 1.165) is 32.1 Å². The Balaban J connectivity index is 1.62. The van der Waals surface area contributed by atoms with Crippen molar-refractivity contribution in [1.82, 2.24) is 4.72 Å². The minimum Gasteiger partial charge on any atom is -0.508 e. The van der Waals surface area contributed by atoms with Gasteiger partial charge in [0.25, 0.3) is 0 Å². The summed E-state index contributed by atoms with van der Waals surface area (Å²) >= 11 is 0. The number of benzene rings is 1. The van der Waals surface area contributed by atoms with Gasteiger partial charge in [0.2, 0.25) is 10.0 Å². The predicted molar refractivity (Wildman–Crippen MR) is 102 cm³/mol. The first-order valence-corrected chi connectivity index (χ1v) is 11.0. The van der Waals surface area contributed by atoms with Gasteiger partial charge in [-0.3, -0.25) is 4.79 Å². The molecule has 6 nitrogen and oxygen atoms in total. The minimum absolute atomic E-state index is 0.0415. The molecule has 0 heterocycles. The van der Waals surface area contributed by atoms with E-state index in [2.05, 4.69) is 10.8 Å². The number of nitrogens with one attached hydrogen (secondary N) is 1. The lowest BCUT2D eigenvalue weighted by atomic mass is 9.83. The van der Waals surface area contributed by atoms with Crippen molar-refractivity contribution in [3.63, 3.8) is 0 Å². The van der Waals surface area contributed by atoms with Crippen LogP contribution in [0.25, 0.3) is 0 Å². The van der Waals surface area contributed by atoms with Crippen LogP contribution in [0, 0.1) is 17.8 Å². The summed E-state index contributed by atoms with van der Waals surface area (Å²) in [6, 6.07) is 5.54. The molecule has 0 amide bonds. The largest absolute Gasteiger partial charge is 0.508 e. The minimum atomic E-state index is -3.62. The van der Waals surface area contributed by atoms with Crippen molar-refractivity contribution in [2.45, 2.75) is 55.9 Å². The van der Waals surface area contributed by atoms with Gasteiger partial charge >= 0.3 is 5.97 Å². The Morgan fingerprint density at radius 1 is 1.15 bits per heavy atom. The molecule has 0 aliphatic heterocycles. The molecule has 2 aliphatic rings. The smallest absolute Gasteiger partial charge is 0.303 e. The van der Waals surface area contributed by atoms with Crippen molar-refractivity contribution in [1.29, 1.82) is 0 Å². The average molecular weight is 394 g/mol. The van der Waals surface area contributed by atoms with Crippen LogP contribution in [0.1, 0.15) is 44.9 Å². The number of sulfonamides is 1. The van der Waals surface area contributed by atoms with E-state index >= 15 is 0 Å². The van der Waals surface area contributed by atoms with Gasteiger partial charge in [0.15, 0.2) is 0 Å². The zero-order chi connectivity index (χ0) is 19.4. The van der Waals surface area contributed by atoms with Gasteiger partial charge in [-0.05, 0) is 80.5 Å². The molecule has 2 aliphatic carbocycles. The number of aromatic hydroxyl groups is 1. The summed E-state index contributed by atoms with van der Waals surface area (Å²) in [5.74, 6) is 0.477. The number of hydrogen-bond acceptors (Lipinski definition) is 4. The zero-order valence-corrected chi connectivity index (χ0v) is 16.1. The molecule has 27 heavy (non-hydrogen) atoms. The lowest BCUT2D eigenvalue weighted by molar-refractivity contribution is -0.137. The van der Waals surface area contributed by atoms with Gasteiger partial charge < -0.3 is 10.2 Å². The number of aliphatic carboxylic acids is 1. The Labute approximate surface area is 160 Å². The lowest BCUT2D eigenvalue weighted by Crippen LogP contribution is -2.43. The number of rotatable bonds is 9. The second kappa shape index (κ2) is 8.44. The number of carbonyl (C=O) groups is 1. The second-order valence-electron chi connectivity index (χ2n) is 7.63. The fourth-order valence-corrected chi connectivity index (χ4v) is 5.90. The SMILES string of the molecule is O=C(O)CCC/C=C\C[C@H]1[C@@H]2CC[C@@H](C2)[C@@H]1NS(=O)(=O)c1ccc(O)cc1. The molecule has 0 radical (unpaired) electrons. The van der Waals surface area contributed by atoms with Gasteiger partial charge in [-0.15, -0.1) is 0 Å².